The van der Waals surface area contributed by atoms with E-state index in [1.54, 1.807) is 4.68 Å². The van der Waals surface area contributed by atoms with E-state index in [9.17, 15) is 4.79 Å². The summed E-state index contributed by atoms with van der Waals surface area (Å²) in [6.07, 6.45) is 5.24. The highest BCUT2D eigenvalue weighted by atomic mass is 16.2. The molecule has 0 saturated heterocycles. The zero-order chi connectivity index (χ0) is 15.1. The summed E-state index contributed by atoms with van der Waals surface area (Å²) >= 11 is 0. The van der Waals surface area contributed by atoms with Gasteiger partial charge in [-0.05, 0) is 18.6 Å². The average molecular weight is 295 g/mol. The maximum atomic E-state index is 12.6. The summed E-state index contributed by atoms with van der Waals surface area (Å²) in [6, 6.07) is 7.90. The first-order valence-corrected chi connectivity index (χ1v) is 7.44. The molecule has 0 radical (unpaired) electrons. The number of para-hydroxylation sites is 1. The van der Waals surface area contributed by atoms with E-state index in [2.05, 4.69) is 20.0 Å². The number of aromatic nitrogens is 4. The van der Waals surface area contributed by atoms with Gasteiger partial charge in [-0.1, -0.05) is 12.1 Å². The van der Waals surface area contributed by atoms with Crippen LogP contribution in [-0.2, 0) is 24.8 Å². The Bertz CT molecular complexity index is 847. The molecule has 0 fully saturated rings. The Morgan fingerprint density at radius 3 is 3.14 bits per heavy atom. The summed E-state index contributed by atoms with van der Waals surface area (Å²) < 4.78 is 3.90. The van der Waals surface area contributed by atoms with Crippen molar-refractivity contribution in [3.63, 3.8) is 0 Å². The van der Waals surface area contributed by atoms with E-state index < -0.39 is 0 Å². The lowest BCUT2D eigenvalue weighted by molar-refractivity contribution is -0.120. The summed E-state index contributed by atoms with van der Waals surface area (Å²) in [5.74, 6) is 0.656. The first-order chi connectivity index (χ1) is 10.7. The van der Waals surface area contributed by atoms with Crippen LogP contribution in [0.1, 0.15) is 12.1 Å². The Kier molecular flexibility index (Phi) is 2.96. The third-order valence-corrected chi connectivity index (χ3v) is 4.34. The molecule has 3 aromatic rings. The van der Waals surface area contributed by atoms with Crippen LogP contribution >= 0.6 is 0 Å². The van der Waals surface area contributed by atoms with E-state index >= 15 is 0 Å². The molecule has 1 unspecified atom stereocenters. The van der Waals surface area contributed by atoms with Crippen molar-refractivity contribution >= 4 is 22.6 Å². The Hall–Kier alpha value is -2.63. The second-order valence-corrected chi connectivity index (χ2v) is 5.75. The minimum absolute atomic E-state index is 0.0232. The Labute approximate surface area is 127 Å². The van der Waals surface area contributed by atoms with Gasteiger partial charge in [0.05, 0.1) is 11.8 Å². The van der Waals surface area contributed by atoms with Crippen LogP contribution in [0.15, 0.2) is 36.8 Å². The van der Waals surface area contributed by atoms with Crippen molar-refractivity contribution < 1.29 is 4.79 Å². The molecule has 1 aliphatic rings. The van der Waals surface area contributed by atoms with Gasteiger partial charge in [-0.15, -0.1) is 0 Å². The van der Waals surface area contributed by atoms with Gasteiger partial charge in [-0.3, -0.25) is 9.48 Å². The number of benzene rings is 1. The number of hydrogen-bond donors (Lipinski definition) is 1. The molecule has 3 heterocycles. The third-order valence-electron chi connectivity index (χ3n) is 4.34. The van der Waals surface area contributed by atoms with Gasteiger partial charge in [0.25, 0.3) is 0 Å². The number of rotatable bonds is 2. The van der Waals surface area contributed by atoms with Gasteiger partial charge in [0.15, 0.2) is 5.82 Å². The molecule has 1 aromatic carbocycles. The molecular weight excluding hydrogens is 278 g/mol. The normalized spacial score (nSPS) is 17.4. The summed E-state index contributed by atoms with van der Waals surface area (Å²) in [7, 11) is 1.89. The van der Waals surface area contributed by atoms with E-state index in [1.165, 1.54) is 0 Å². The van der Waals surface area contributed by atoms with Crippen molar-refractivity contribution in [1.29, 1.82) is 0 Å². The van der Waals surface area contributed by atoms with Gasteiger partial charge in [0.1, 0.15) is 0 Å². The summed E-state index contributed by atoms with van der Waals surface area (Å²) in [5.41, 5.74) is 2.14. The van der Waals surface area contributed by atoms with Crippen LogP contribution in [0.2, 0.25) is 0 Å². The minimum Gasteiger partial charge on any atom is -0.335 e. The molecule has 1 aliphatic heterocycles. The molecule has 1 amide bonds. The van der Waals surface area contributed by atoms with Crippen molar-refractivity contribution in [2.24, 2.45) is 13.0 Å². The van der Waals surface area contributed by atoms with E-state index in [-0.39, 0.29) is 11.8 Å². The maximum absolute atomic E-state index is 12.6. The van der Waals surface area contributed by atoms with Gasteiger partial charge in [0.2, 0.25) is 5.91 Å². The van der Waals surface area contributed by atoms with Gasteiger partial charge in [0, 0.05) is 43.2 Å². The summed E-state index contributed by atoms with van der Waals surface area (Å²) in [5, 5.41) is 8.40. The number of hydrogen-bond acceptors (Lipinski definition) is 3. The van der Waals surface area contributed by atoms with E-state index in [4.69, 9.17) is 0 Å². The fourth-order valence-electron chi connectivity index (χ4n) is 3.12. The lowest BCUT2D eigenvalue weighted by Crippen LogP contribution is -2.30. The zero-order valence-electron chi connectivity index (χ0n) is 12.4. The van der Waals surface area contributed by atoms with Gasteiger partial charge in [-0.25, -0.2) is 4.98 Å². The SMILES string of the molecule is Cn1nc(NC(=O)C2CCn3cncc3C2)c2ccccc21. The van der Waals surface area contributed by atoms with Gasteiger partial charge in [-0.2, -0.15) is 5.10 Å². The van der Waals surface area contributed by atoms with E-state index in [0.717, 1.165) is 36.0 Å². The number of aryl methyl sites for hydroxylation is 2. The molecule has 0 bridgehead atoms. The topological polar surface area (TPSA) is 64.7 Å². The molecule has 6 nitrogen and oxygen atoms in total. The molecule has 0 spiro atoms. The zero-order valence-corrected chi connectivity index (χ0v) is 12.4. The Balaban J connectivity index is 1.57. The van der Waals surface area contributed by atoms with Crippen LogP contribution in [0, 0.1) is 5.92 Å². The van der Waals surface area contributed by atoms with Crippen molar-refractivity contribution in [3.8, 4) is 0 Å². The molecule has 0 saturated carbocycles. The minimum atomic E-state index is -0.0232. The van der Waals surface area contributed by atoms with E-state index in [1.807, 2.05) is 43.8 Å². The van der Waals surface area contributed by atoms with Crippen molar-refractivity contribution in [2.75, 3.05) is 5.32 Å². The number of amides is 1. The fourth-order valence-corrected chi connectivity index (χ4v) is 3.12. The highest BCUT2D eigenvalue weighted by molar-refractivity contribution is 6.00. The first-order valence-electron chi connectivity index (χ1n) is 7.44. The summed E-state index contributed by atoms with van der Waals surface area (Å²) in [6.45, 7) is 0.844. The molecule has 22 heavy (non-hydrogen) atoms. The molecule has 2 aromatic heterocycles. The van der Waals surface area contributed by atoms with Crippen molar-refractivity contribution in [1.82, 2.24) is 19.3 Å². The predicted octanol–water partition coefficient (Wildman–Crippen LogP) is 1.97. The maximum Gasteiger partial charge on any atom is 0.229 e. The number of carbonyl (C=O) groups is 1. The Morgan fingerprint density at radius 1 is 1.36 bits per heavy atom. The van der Waals surface area contributed by atoms with Crippen molar-refractivity contribution in [2.45, 2.75) is 19.4 Å². The monoisotopic (exact) mass is 295 g/mol. The number of nitrogens with zero attached hydrogens (tertiary/aromatic N) is 4. The number of anilines is 1. The third kappa shape index (κ3) is 2.07. The van der Waals surface area contributed by atoms with E-state index in [0.29, 0.717) is 5.82 Å². The van der Waals surface area contributed by atoms with Crippen LogP contribution in [0.3, 0.4) is 0 Å². The number of fused-ring (bicyclic) bond motifs is 2. The standard InChI is InChI=1S/C16H17N5O/c1-20-14-5-3-2-4-13(14)15(19-20)18-16(22)11-6-7-21-10-17-9-12(21)8-11/h2-5,9-11H,6-8H2,1H3,(H,18,19,22). The predicted molar refractivity (Wildman–Crippen MR) is 83.4 cm³/mol. The second kappa shape index (κ2) is 4.98. The average Bonchev–Trinajstić information content (AvgIpc) is 3.12. The molecule has 0 aliphatic carbocycles. The smallest absolute Gasteiger partial charge is 0.229 e. The number of imidazole rings is 1. The van der Waals surface area contributed by atoms with Crippen molar-refractivity contribution in [3.05, 3.63) is 42.5 Å². The molecule has 1 N–H and O–H groups in total. The lowest BCUT2D eigenvalue weighted by Gasteiger charge is -2.22. The second-order valence-electron chi connectivity index (χ2n) is 5.75. The highest BCUT2D eigenvalue weighted by Crippen LogP contribution is 2.25. The Morgan fingerprint density at radius 2 is 2.23 bits per heavy atom. The molecule has 4 rings (SSSR count). The number of nitrogens with one attached hydrogen (secondary N) is 1. The first kappa shape index (κ1) is 13.1. The quantitative estimate of drug-likeness (QED) is 0.786. The molecule has 6 heteroatoms. The summed E-state index contributed by atoms with van der Waals surface area (Å²) in [4.78, 5) is 16.7. The number of carbonyl (C=O) groups excluding carboxylic acids is 1. The van der Waals surface area contributed by atoms with Crippen LogP contribution in [0.4, 0.5) is 5.82 Å². The van der Waals surface area contributed by atoms with Gasteiger partial charge < -0.3 is 9.88 Å². The van der Waals surface area contributed by atoms with Gasteiger partial charge >= 0.3 is 0 Å². The van der Waals surface area contributed by atoms with Crippen LogP contribution in [-0.4, -0.2) is 25.2 Å². The van der Waals surface area contributed by atoms with Crippen LogP contribution in [0.5, 0.6) is 0 Å². The molecule has 112 valence electrons. The highest BCUT2D eigenvalue weighted by Gasteiger charge is 2.25. The molecule has 1 atom stereocenters. The largest absolute Gasteiger partial charge is 0.335 e. The fraction of sp³-hybridized carbons (Fsp3) is 0.312. The van der Waals surface area contributed by atoms with Crippen LogP contribution in [0.25, 0.3) is 10.9 Å². The molecular formula is C16H17N5O. The van der Waals surface area contributed by atoms with Crippen LogP contribution < -0.4 is 5.32 Å². The lowest BCUT2D eigenvalue weighted by atomic mass is 9.95.